The van der Waals surface area contributed by atoms with Crippen LogP contribution in [0.3, 0.4) is 0 Å². The predicted molar refractivity (Wildman–Crippen MR) is 81.1 cm³/mol. The average molecular weight is 332 g/mol. The van der Waals surface area contributed by atoms with Crippen molar-refractivity contribution in [1.82, 2.24) is 4.72 Å². The first-order valence-corrected chi connectivity index (χ1v) is 9.21. The lowest BCUT2D eigenvalue weighted by Gasteiger charge is -2.07. The number of hydrogen-bond donors (Lipinski definition) is 2. The van der Waals surface area contributed by atoms with Crippen LogP contribution in [0.5, 0.6) is 0 Å². The van der Waals surface area contributed by atoms with Gasteiger partial charge in [0.15, 0.2) is 0 Å². The van der Waals surface area contributed by atoms with Gasteiger partial charge in [0, 0.05) is 28.9 Å². The van der Waals surface area contributed by atoms with Crippen molar-refractivity contribution in [3.8, 4) is 11.8 Å². The molecular weight excluding hydrogens is 315 g/mol. The molecule has 0 saturated heterocycles. The lowest BCUT2D eigenvalue weighted by molar-refractivity contribution is 0.579. The summed E-state index contributed by atoms with van der Waals surface area (Å²) in [5.74, 6) is 4.96. The molecular formula is C13H17FN2O3S2. The molecule has 0 fully saturated rings. The topological polar surface area (TPSA) is 89.3 Å². The van der Waals surface area contributed by atoms with Gasteiger partial charge in [0.1, 0.15) is 5.82 Å². The van der Waals surface area contributed by atoms with E-state index in [2.05, 4.69) is 16.6 Å². The third kappa shape index (κ3) is 5.55. The van der Waals surface area contributed by atoms with Gasteiger partial charge in [0.2, 0.25) is 10.0 Å². The predicted octanol–water partition coefficient (Wildman–Crippen LogP) is 0.183. The lowest BCUT2D eigenvalue weighted by Crippen LogP contribution is -2.28. The maximum absolute atomic E-state index is 13.7. The Labute approximate surface area is 126 Å². The molecule has 116 valence electrons. The Balaban J connectivity index is 2.84. The SMILES string of the molecule is CCS(=O)CCNS(=O)(=O)c1ccc(C#CCN)c(F)c1. The second-order valence-electron chi connectivity index (χ2n) is 3.98. The number of halogens is 1. The number of rotatable bonds is 6. The van der Waals surface area contributed by atoms with E-state index in [1.165, 1.54) is 12.1 Å². The number of benzene rings is 1. The molecule has 0 spiro atoms. The van der Waals surface area contributed by atoms with E-state index >= 15 is 0 Å². The van der Waals surface area contributed by atoms with Crippen LogP contribution in [-0.4, -0.2) is 37.2 Å². The molecule has 1 rings (SSSR count). The number of nitrogens with two attached hydrogens (primary N) is 1. The second kappa shape index (κ2) is 8.24. The van der Waals surface area contributed by atoms with Crippen LogP contribution in [0.4, 0.5) is 4.39 Å². The quantitative estimate of drug-likeness (QED) is 0.728. The zero-order valence-corrected chi connectivity index (χ0v) is 13.2. The normalized spacial score (nSPS) is 12.5. The molecule has 1 aromatic carbocycles. The van der Waals surface area contributed by atoms with Gasteiger partial charge in [-0.25, -0.2) is 17.5 Å². The molecule has 0 bridgehead atoms. The number of hydrogen-bond acceptors (Lipinski definition) is 4. The Kier molecular flexibility index (Phi) is 6.98. The summed E-state index contributed by atoms with van der Waals surface area (Å²) in [7, 11) is -4.88. The Morgan fingerprint density at radius 3 is 2.71 bits per heavy atom. The Morgan fingerprint density at radius 1 is 1.43 bits per heavy atom. The molecule has 5 nitrogen and oxygen atoms in total. The standard InChI is InChI=1S/C13H17FN2O3S2/c1-2-20(17)9-8-16-21(18,19)12-6-5-11(4-3-7-15)13(14)10-12/h5-6,10,16H,2,7-9,15H2,1H3. The van der Waals surface area contributed by atoms with Crippen LogP contribution < -0.4 is 10.5 Å². The van der Waals surface area contributed by atoms with Crippen LogP contribution in [0.25, 0.3) is 0 Å². The van der Waals surface area contributed by atoms with Crippen molar-refractivity contribution >= 4 is 20.8 Å². The smallest absolute Gasteiger partial charge is 0.240 e. The summed E-state index contributed by atoms with van der Waals surface area (Å²) in [5, 5.41) is 0. The van der Waals surface area contributed by atoms with Crippen LogP contribution in [0, 0.1) is 17.7 Å². The van der Waals surface area contributed by atoms with Crippen molar-refractivity contribution in [1.29, 1.82) is 0 Å². The molecule has 21 heavy (non-hydrogen) atoms. The minimum atomic E-state index is -3.82. The monoisotopic (exact) mass is 332 g/mol. The Bertz CT molecular complexity index is 678. The van der Waals surface area contributed by atoms with Crippen molar-refractivity contribution in [3.05, 3.63) is 29.6 Å². The molecule has 1 unspecified atom stereocenters. The van der Waals surface area contributed by atoms with Gasteiger partial charge in [-0.3, -0.25) is 4.21 Å². The van der Waals surface area contributed by atoms with E-state index in [1.54, 1.807) is 6.92 Å². The molecule has 0 aliphatic carbocycles. The Morgan fingerprint density at radius 2 is 2.14 bits per heavy atom. The van der Waals surface area contributed by atoms with Gasteiger partial charge >= 0.3 is 0 Å². The first-order valence-electron chi connectivity index (χ1n) is 6.24. The van der Waals surface area contributed by atoms with Crippen LogP contribution in [0.15, 0.2) is 23.1 Å². The summed E-state index contributed by atoms with van der Waals surface area (Å²) in [6.45, 7) is 1.88. The fraction of sp³-hybridized carbons (Fsp3) is 0.385. The highest BCUT2D eigenvalue weighted by Gasteiger charge is 2.15. The maximum Gasteiger partial charge on any atom is 0.240 e. The summed E-state index contributed by atoms with van der Waals surface area (Å²) in [4.78, 5) is -0.194. The minimum absolute atomic E-state index is 0.0408. The molecule has 0 saturated carbocycles. The van der Waals surface area contributed by atoms with Gasteiger partial charge in [-0.1, -0.05) is 18.8 Å². The third-order valence-corrected chi connectivity index (χ3v) is 5.28. The molecule has 8 heteroatoms. The maximum atomic E-state index is 13.7. The van der Waals surface area contributed by atoms with Gasteiger partial charge in [0.05, 0.1) is 17.0 Å². The van der Waals surface area contributed by atoms with Crippen LogP contribution >= 0.6 is 0 Å². The average Bonchev–Trinajstić information content (AvgIpc) is 2.45. The molecule has 0 radical (unpaired) electrons. The molecule has 1 atom stereocenters. The van der Waals surface area contributed by atoms with E-state index in [0.29, 0.717) is 5.75 Å². The fourth-order valence-electron chi connectivity index (χ4n) is 1.43. The number of sulfonamides is 1. The van der Waals surface area contributed by atoms with E-state index < -0.39 is 26.6 Å². The third-order valence-electron chi connectivity index (χ3n) is 2.52. The summed E-state index contributed by atoms with van der Waals surface area (Å²) in [5.41, 5.74) is 5.28. The zero-order chi connectivity index (χ0) is 15.9. The molecule has 0 heterocycles. The molecule has 0 aromatic heterocycles. The van der Waals surface area contributed by atoms with E-state index in [0.717, 1.165) is 6.07 Å². The molecule has 3 N–H and O–H groups in total. The van der Waals surface area contributed by atoms with Crippen molar-refractivity contribution in [2.75, 3.05) is 24.6 Å². The van der Waals surface area contributed by atoms with Crippen molar-refractivity contribution in [3.63, 3.8) is 0 Å². The number of nitrogens with one attached hydrogen (secondary N) is 1. The second-order valence-corrected chi connectivity index (χ2v) is 7.61. The van der Waals surface area contributed by atoms with Gasteiger partial charge in [0.25, 0.3) is 0 Å². The molecule has 0 amide bonds. The first kappa shape index (κ1) is 17.8. The highest BCUT2D eigenvalue weighted by molar-refractivity contribution is 7.89. The summed E-state index contributed by atoms with van der Waals surface area (Å²) >= 11 is 0. The van der Waals surface area contributed by atoms with E-state index in [-0.39, 0.29) is 29.3 Å². The fourth-order valence-corrected chi connectivity index (χ4v) is 3.22. The van der Waals surface area contributed by atoms with Crippen LogP contribution in [0.1, 0.15) is 12.5 Å². The zero-order valence-electron chi connectivity index (χ0n) is 11.6. The largest absolute Gasteiger partial charge is 0.320 e. The van der Waals surface area contributed by atoms with Crippen molar-refractivity contribution < 1.29 is 17.0 Å². The van der Waals surface area contributed by atoms with Crippen LogP contribution in [-0.2, 0) is 20.8 Å². The van der Waals surface area contributed by atoms with Gasteiger partial charge in [-0.2, -0.15) is 0 Å². The molecule has 0 aliphatic rings. The van der Waals surface area contributed by atoms with Crippen molar-refractivity contribution in [2.45, 2.75) is 11.8 Å². The van der Waals surface area contributed by atoms with Crippen LogP contribution in [0.2, 0.25) is 0 Å². The van der Waals surface area contributed by atoms with E-state index in [1.807, 2.05) is 0 Å². The first-order chi connectivity index (χ1) is 9.90. The van der Waals surface area contributed by atoms with Gasteiger partial charge in [-0.05, 0) is 18.2 Å². The summed E-state index contributed by atoms with van der Waals surface area (Å²) < 4.78 is 51.1. The van der Waals surface area contributed by atoms with E-state index in [4.69, 9.17) is 5.73 Å². The highest BCUT2D eigenvalue weighted by atomic mass is 32.2. The summed E-state index contributed by atoms with van der Waals surface area (Å²) in [6.07, 6.45) is 0. The highest BCUT2D eigenvalue weighted by Crippen LogP contribution is 2.14. The lowest BCUT2D eigenvalue weighted by atomic mass is 10.2. The van der Waals surface area contributed by atoms with Crippen molar-refractivity contribution in [2.24, 2.45) is 5.73 Å². The molecule has 0 aliphatic heterocycles. The van der Waals surface area contributed by atoms with Gasteiger partial charge < -0.3 is 5.73 Å². The summed E-state index contributed by atoms with van der Waals surface area (Å²) in [6, 6.07) is 3.46. The molecule has 1 aromatic rings. The van der Waals surface area contributed by atoms with Gasteiger partial charge in [-0.15, -0.1) is 0 Å². The van der Waals surface area contributed by atoms with E-state index in [9.17, 15) is 17.0 Å². The minimum Gasteiger partial charge on any atom is -0.320 e. The Hall–Kier alpha value is -1.27.